The van der Waals surface area contributed by atoms with Gasteiger partial charge in [0.25, 0.3) is 6.43 Å². The Balaban J connectivity index is 3.46. The molecule has 4 heteroatoms. The predicted molar refractivity (Wildman–Crippen MR) is 43.4 cm³/mol. The maximum Gasteiger partial charge on any atom is 0.266 e. The number of hydrogen-bond donors (Lipinski definition) is 0. The third kappa shape index (κ3) is 1.64. The van der Waals surface area contributed by atoms with E-state index >= 15 is 0 Å². The summed E-state index contributed by atoms with van der Waals surface area (Å²) in [5.41, 5.74) is 0.505. The van der Waals surface area contributed by atoms with Gasteiger partial charge in [0.2, 0.25) is 0 Å². The molecule has 0 aromatic carbocycles. The normalized spacial score (nSPS) is 10.2. The molecule has 2 nitrogen and oxygen atoms in total. The second kappa shape index (κ2) is 3.48. The SMILES string of the molecule is Cc1cnc(C)c(C(F)F)c1C#N. The summed E-state index contributed by atoms with van der Waals surface area (Å²) in [6.07, 6.45) is -1.21. The van der Waals surface area contributed by atoms with Crippen molar-refractivity contribution in [1.82, 2.24) is 4.98 Å². The van der Waals surface area contributed by atoms with Gasteiger partial charge in [-0.25, -0.2) is 8.78 Å². The van der Waals surface area contributed by atoms with Crippen molar-refractivity contribution in [2.45, 2.75) is 20.3 Å². The van der Waals surface area contributed by atoms with Gasteiger partial charge in [0.1, 0.15) is 6.07 Å². The lowest BCUT2D eigenvalue weighted by molar-refractivity contribution is 0.149. The fourth-order valence-electron chi connectivity index (χ4n) is 1.14. The van der Waals surface area contributed by atoms with Crippen LogP contribution in [0.1, 0.15) is 28.8 Å². The van der Waals surface area contributed by atoms with Gasteiger partial charge in [0.05, 0.1) is 11.1 Å². The highest BCUT2D eigenvalue weighted by molar-refractivity contribution is 5.45. The summed E-state index contributed by atoms with van der Waals surface area (Å²) >= 11 is 0. The molecule has 1 aromatic rings. The molecule has 1 heterocycles. The van der Waals surface area contributed by atoms with E-state index in [9.17, 15) is 8.78 Å². The smallest absolute Gasteiger partial charge is 0.261 e. The standard InChI is InChI=1S/C9H8F2N2/c1-5-4-13-6(2)8(9(10)11)7(5)3-12/h4,9H,1-2H3. The zero-order valence-corrected chi connectivity index (χ0v) is 7.31. The van der Waals surface area contributed by atoms with E-state index < -0.39 is 6.43 Å². The molecule has 0 bridgehead atoms. The van der Waals surface area contributed by atoms with Gasteiger partial charge in [0, 0.05) is 11.9 Å². The second-order valence-electron chi connectivity index (χ2n) is 2.73. The topological polar surface area (TPSA) is 36.7 Å². The van der Waals surface area contributed by atoms with Crippen LogP contribution in [0.4, 0.5) is 8.78 Å². The largest absolute Gasteiger partial charge is 0.266 e. The van der Waals surface area contributed by atoms with Crippen molar-refractivity contribution in [2.75, 3.05) is 0 Å². The summed E-state index contributed by atoms with van der Waals surface area (Å²) in [4.78, 5) is 3.78. The van der Waals surface area contributed by atoms with Crippen LogP contribution >= 0.6 is 0 Å². The lowest BCUT2D eigenvalue weighted by Crippen LogP contribution is -2.00. The maximum atomic E-state index is 12.5. The molecule has 0 amide bonds. The van der Waals surface area contributed by atoms with Crippen molar-refractivity contribution in [3.05, 3.63) is 28.6 Å². The highest BCUT2D eigenvalue weighted by Gasteiger charge is 2.18. The summed E-state index contributed by atoms with van der Waals surface area (Å²) in [5.74, 6) is 0. The summed E-state index contributed by atoms with van der Waals surface area (Å²) < 4.78 is 24.9. The first-order valence-electron chi connectivity index (χ1n) is 3.72. The monoisotopic (exact) mass is 182 g/mol. The first kappa shape index (κ1) is 9.59. The van der Waals surface area contributed by atoms with Crippen LogP contribution in [0.2, 0.25) is 0 Å². The maximum absolute atomic E-state index is 12.5. The first-order chi connectivity index (χ1) is 6.07. The Hall–Kier alpha value is -1.50. The van der Waals surface area contributed by atoms with Gasteiger partial charge in [-0.2, -0.15) is 5.26 Å². The van der Waals surface area contributed by atoms with E-state index in [1.165, 1.54) is 13.1 Å². The van der Waals surface area contributed by atoms with E-state index in [1.807, 2.05) is 0 Å². The van der Waals surface area contributed by atoms with Crippen molar-refractivity contribution >= 4 is 0 Å². The fourth-order valence-corrected chi connectivity index (χ4v) is 1.14. The Bertz CT molecular complexity index is 367. The molecule has 0 radical (unpaired) electrons. The van der Waals surface area contributed by atoms with Crippen molar-refractivity contribution < 1.29 is 8.78 Å². The molecule has 0 saturated carbocycles. The van der Waals surface area contributed by atoms with Gasteiger partial charge >= 0.3 is 0 Å². The van der Waals surface area contributed by atoms with Crippen LogP contribution in [0.3, 0.4) is 0 Å². The fraction of sp³-hybridized carbons (Fsp3) is 0.333. The van der Waals surface area contributed by atoms with Crippen molar-refractivity contribution in [1.29, 1.82) is 5.26 Å². The van der Waals surface area contributed by atoms with Crippen LogP contribution in [-0.2, 0) is 0 Å². The van der Waals surface area contributed by atoms with E-state index in [-0.39, 0.29) is 16.8 Å². The van der Waals surface area contributed by atoms with Gasteiger partial charge in [-0.05, 0) is 19.4 Å². The lowest BCUT2D eigenvalue weighted by atomic mass is 10.0. The first-order valence-corrected chi connectivity index (χ1v) is 3.72. The van der Waals surface area contributed by atoms with E-state index in [2.05, 4.69) is 4.98 Å². The number of alkyl halides is 2. The van der Waals surface area contributed by atoms with Crippen LogP contribution in [-0.4, -0.2) is 4.98 Å². The molecule has 68 valence electrons. The third-order valence-electron chi connectivity index (χ3n) is 1.84. The number of nitrogens with zero attached hydrogens (tertiary/aromatic N) is 2. The van der Waals surface area contributed by atoms with Gasteiger partial charge < -0.3 is 0 Å². The quantitative estimate of drug-likeness (QED) is 0.669. The minimum absolute atomic E-state index is 0.0440. The zero-order chi connectivity index (χ0) is 10.0. The van der Waals surface area contributed by atoms with Crippen LogP contribution in [0.5, 0.6) is 0 Å². The summed E-state index contributed by atoms with van der Waals surface area (Å²) in [5, 5.41) is 8.66. The Morgan fingerprint density at radius 1 is 1.46 bits per heavy atom. The average Bonchev–Trinajstić information content (AvgIpc) is 2.07. The Labute approximate surface area is 74.8 Å². The molecule has 0 aliphatic carbocycles. The van der Waals surface area contributed by atoms with E-state index in [4.69, 9.17) is 5.26 Å². The van der Waals surface area contributed by atoms with E-state index in [0.717, 1.165) is 0 Å². The average molecular weight is 182 g/mol. The minimum Gasteiger partial charge on any atom is -0.261 e. The molecule has 0 N–H and O–H groups in total. The van der Waals surface area contributed by atoms with E-state index in [0.29, 0.717) is 5.56 Å². The van der Waals surface area contributed by atoms with Crippen LogP contribution in [0.25, 0.3) is 0 Å². The van der Waals surface area contributed by atoms with E-state index in [1.54, 1.807) is 13.0 Å². The van der Waals surface area contributed by atoms with Crippen LogP contribution in [0, 0.1) is 25.2 Å². The number of aromatic nitrogens is 1. The molecule has 0 saturated heterocycles. The van der Waals surface area contributed by atoms with Crippen LogP contribution < -0.4 is 0 Å². The minimum atomic E-state index is -2.64. The summed E-state index contributed by atoms with van der Waals surface area (Å²) in [6.45, 7) is 3.07. The summed E-state index contributed by atoms with van der Waals surface area (Å²) in [6, 6.07) is 1.77. The number of hydrogen-bond acceptors (Lipinski definition) is 2. The van der Waals surface area contributed by atoms with Crippen molar-refractivity contribution in [3.8, 4) is 6.07 Å². The number of aryl methyl sites for hydroxylation is 2. The van der Waals surface area contributed by atoms with Crippen LogP contribution in [0.15, 0.2) is 6.20 Å². The molecule has 0 aliphatic heterocycles. The molecule has 0 atom stereocenters. The van der Waals surface area contributed by atoms with Crippen molar-refractivity contribution in [3.63, 3.8) is 0 Å². The number of nitriles is 1. The van der Waals surface area contributed by atoms with Gasteiger partial charge in [-0.3, -0.25) is 4.98 Å². The van der Waals surface area contributed by atoms with Crippen molar-refractivity contribution in [2.24, 2.45) is 0 Å². The Kier molecular flexibility index (Phi) is 2.57. The molecule has 0 unspecified atom stereocenters. The Morgan fingerprint density at radius 3 is 2.46 bits per heavy atom. The molecular formula is C9H8F2N2. The second-order valence-corrected chi connectivity index (χ2v) is 2.73. The molecule has 13 heavy (non-hydrogen) atoms. The number of pyridine rings is 1. The number of rotatable bonds is 1. The predicted octanol–water partition coefficient (Wildman–Crippen LogP) is 2.51. The number of halogens is 2. The molecule has 1 rings (SSSR count). The molecule has 0 fully saturated rings. The highest BCUT2D eigenvalue weighted by atomic mass is 19.3. The third-order valence-corrected chi connectivity index (χ3v) is 1.84. The van der Waals surface area contributed by atoms with Gasteiger partial charge in [0.15, 0.2) is 0 Å². The van der Waals surface area contributed by atoms with Gasteiger partial charge in [-0.1, -0.05) is 0 Å². The zero-order valence-electron chi connectivity index (χ0n) is 7.31. The lowest BCUT2D eigenvalue weighted by Gasteiger charge is -2.07. The summed E-state index contributed by atoms with van der Waals surface area (Å²) in [7, 11) is 0. The van der Waals surface area contributed by atoms with Gasteiger partial charge in [-0.15, -0.1) is 0 Å². The molecule has 1 aromatic heterocycles. The highest BCUT2D eigenvalue weighted by Crippen LogP contribution is 2.26. The molecule has 0 spiro atoms. The molecule has 0 aliphatic rings. The molecular weight excluding hydrogens is 174 g/mol. The Morgan fingerprint density at radius 2 is 2.08 bits per heavy atom.